The Morgan fingerprint density at radius 1 is 1.33 bits per heavy atom. The second kappa shape index (κ2) is 4.18. The number of aryl methyl sites for hydroxylation is 1. The molecule has 2 rings (SSSR count). The van der Waals surface area contributed by atoms with Gasteiger partial charge < -0.3 is 5.73 Å². The average molecular weight is 203 g/mol. The molecule has 0 aromatic carbocycles. The second-order valence-corrected chi connectivity index (χ2v) is 3.25. The van der Waals surface area contributed by atoms with E-state index in [0.29, 0.717) is 6.54 Å². The molecule has 0 saturated carbocycles. The third-order valence-corrected chi connectivity index (χ3v) is 2.16. The highest BCUT2D eigenvalue weighted by Gasteiger charge is 2.07. The molecular formula is C10H13N5. The van der Waals surface area contributed by atoms with Crippen LogP contribution in [0.5, 0.6) is 0 Å². The number of nitrogens with two attached hydrogens (primary N) is 1. The lowest BCUT2D eigenvalue weighted by molar-refractivity contribution is 0.697. The van der Waals surface area contributed by atoms with E-state index in [9.17, 15) is 0 Å². The van der Waals surface area contributed by atoms with Crippen molar-refractivity contribution in [3.63, 3.8) is 0 Å². The Kier molecular flexibility index (Phi) is 2.73. The van der Waals surface area contributed by atoms with Crippen LogP contribution >= 0.6 is 0 Å². The first-order chi connectivity index (χ1) is 7.31. The molecule has 0 unspecified atom stereocenters. The van der Waals surface area contributed by atoms with Gasteiger partial charge in [-0.1, -0.05) is 0 Å². The maximum Gasteiger partial charge on any atom is 0.181 e. The van der Waals surface area contributed by atoms with E-state index in [2.05, 4.69) is 15.1 Å². The van der Waals surface area contributed by atoms with Crippen molar-refractivity contribution in [3.05, 3.63) is 30.4 Å². The van der Waals surface area contributed by atoms with Crippen molar-refractivity contribution in [2.45, 2.75) is 6.42 Å². The van der Waals surface area contributed by atoms with Crippen LogP contribution in [0.2, 0.25) is 0 Å². The Morgan fingerprint density at radius 3 is 2.73 bits per heavy atom. The Balaban J connectivity index is 2.34. The first-order valence-corrected chi connectivity index (χ1v) is 4.81. The van der Waals surface area contributed by atoms with Gasteiger partial charge in [0.15, 0.2) is 5.82 Å². The molecule has 0 amide bonds. The molecular weight excluding hydrogens is 190 g/mol. The molecule has 0 radical (unpaired) electrons. The van der Waals surface area contributed by atoms with E-state index in [4.69, 9.17) is 5.73 Å². The van der Waals surface area contributed by atoms with E-state index < -0.39 is 0 Å². The first kappa shape index (κ1) is 9.79. The number of hydrogen-bond acceptors (Lipinski definition) is 4. The van der Waals surface area contributed by atoms with Crippen LogP contribution in [-0.2, 0) is 13.5 Å². The van der Waals surface area contributed by atoms with Gasteiger partial charge >= 0.3 is 0 Å². The normalized spacial score (nSPS) is 10.5. The van der Waals surface area contributed by atoms with Gasteiger partial charge in [0.2, 0.25) is 0 Å². The molecule has 2 heterocycles. The van der Waals surface area contributed by atoms with E-state index >= 15 is 0 Å². The van der Waals surface area contributed by atoms with E-state index in [1.54, 1.807) is 17.1 Å². The minimum Gasteiger partial charge on any atom is -0.330 e. The fraction of sp³-hybridized carbons (Fsp3) is 0.300. The molecule has 5 heteroatoms. The topological polar surface area (TPSA) is 69.6 Å². The van der Waals surface area contributed by atoms with Crippen LogP contribution in [0.1, 0.15) is 5.82 Å². The minimum absolute atomic E-state index is 0.586. The molecule has 0 aliphatic heterocycles. The molecule has 2 N–H and O–H groups in total. The molecule has 0 atom stereocenters. The van der Waals surface area contributed by atoms with Gasteiger partial charge in [-0.15, -0.1) is 0 Å². The quantitative estimate of drug-likeness (QED) is 0.782. The fourth-order valence-corrected chi connectivity index (χ4v) is 1.39. The summed E-state index contributed by atoms with van der Waals surface area (Å²) in [5, 5.41) is 4.32. The van der Waals surface area contributed by atoms with Gasteiger partial charge in [-0.25, -0.2) is 4.98 Å². The molecule has 0 fully saturated rings. The lowest BCUT2D eigenvalue weighted by atomic mass is 10.2. The fourth-order valence-electron chi connectivity index (χ4n) is 1.39. The zero-order valence-electron chi connectivity index (χ0n) is 8.59. The van der Waals surface area contributed by atoms with Crippen molar-refractivity contribution in [1.29, 1.82) is 0 Å². The van der Waals surface area contributed by atoms with E-state index in [0.717, 1.165) is 23.6 Å². The molecule has 5 nitrogen and oxygen atoms in total. The van der Waals surface area contributed by atoms with Crippen molar-refractivity contribution in [2.75, 3.05) is 6.54 Å². The van der Waals surface area contributed by atoms with Crippen LogP contribution in [-0.4, -0.2) is 26.3 Å². The summed E-state index contributed by atoms with van der Waals surface area (Å²) in [6.07, 6.45) is 4.21. The van der Waals surface area contributed by atoms with Crippen molar-refractivity contribution < 1.29 is 0 Å². The third-order valence-electron chi connectivity index (χ3n) is 2.16. The van der Waals surface area contributed by atoms with Crippen LogP contribution in [0, 0.1) is 0 Å². The highest BCUT2D eigenvalue weighted by molar-refractivity contribution is 5.53. The summed E-state index contributed by atoms with van der Waals surface area (Å²) in [6.45, 7) is 0.586. The highest BCUT2D eigenvalue weighted by atomic mass is 15.3. The molecule has 2 aromatic rings. The van der Waals surface area contributed by atoms with Gasteiger partial charge in [0.05, 0.1) is 0 Å². The monoisotopic (exact) mass is 203 g/mol. The van der Waals surface area contributed by atoms with E-state index in [-0.39, 0.29) is 0 Å². The summed E-state index contributed by atoms with van der Waals surface area (Å²) in [5.74, 6) is 1.63. The summed E-state index contributed by atoms with van der Waals surface area (Å²) in [6, 6.07) is 3.78. The number of hydrogen-bond donors (Lipinski definition) is 1. The second-order valence-electron chi connectivity index (χ2n) is 3.25. The molecule has 78 valence electrons. The Labute approximate surface area is 88.0 Å². The van der Waals surface area contributed by atoms with Crippen molar-refractivity contribution in [1.82, 2.24) is 19.7 Å². The SMILES string of the molecule is Cn1nc(-c2ccncc2)nc1CCN. The average Bonchev–Trinajstić information content (AvgIpc) is 2.63. The van der Waals surface area contributed by atoms with Gasteiger partial charge in [-0.2, -0.15) is 5.10 Å². The van der Waals surface area contributed by atoms with Crippen LogP contribution in [0.25, 0.3) is 11.4 Å². The van der Waals surface area contributed by atoms with Crippen molar-refractivity contribution >= 4 is 0 Å². The first-order valence-electron chi connectivity index (χ1n) is 4.81. The maximum absolute atomic E-state index is 5.49. The zero-order chi connectivity index (χ0) is 10.7. The molecule has 0 aliphatic carbocycles. The van der Waals surface area contributed by atoms with Gasteiger partial charge in [0.25, 0.3) is 0 Å². The number of nitrogens with zero attached hydrogens (tertiary/aromatic N) is 4. The van der Waals surface area contributed by atoms with Crippen LogP contribution in [0.15, 0.2) is 24.5 Å². The van der Waals surface area contributed by atoms with E-state index in [1.165, 1.54) is 0 Å². The van der Waals surface area contributed by atoms with Gasteiger partial charge in [-0.3, -0.25) is 9.67 Å². The lowest BCUT2D eigenvalue weighted by Gasteiger charge is -1.93. The van der Waals surface area contributed by atoms with Crippen LogP contribution in [0.4, 0.5) is 0 Å². The Bertz CT molecular complexity index is 434. The standard InChI is InChI=1S/C10H13N5/c1-15-9(2-5-11)13-10(14-15)8-3-6-12-7-4-8/h3-4,6-7H,2,5,11H2,1H3. The Hall–Kier alpha value is -1.75. The smallest absolute Gasteiger partial charge is 0.181 e. The highest BCUT2D eigenvalue weighted by Crippen LogP contribution is 2.13. The summed E-state index contributed by atoms with van der Waals surface area (Å²) >= 11 is 0. The Morgan fingerprint density at radius 2 is 2.07 bits per heavy atom. The maximum atomic E-state index is 5.49. The minimum atomic E-state index is 0.586. The molecule has 15 heavy (non-hydrogen) atoms. The molecule has 0 aliphatic rings. The van der Waals surface area contributed by atoms with Gasteiger partial charge in [0, 0.05) is 31.4 Å². The molecule has 0 saturated heterocycles. The summed E-state index contributed by atoms with van der Waals surface area (Å²) in [4.78, 5) is 8.37. The summed E-state index contributed by atoms with van der Waals surface area (Å²) < 4.78 is 1.77. The van der Waals surface area contributed by atoms with Crippen molar-refractivity contribution in [2.24, 2.45) is 12.8 Å². The number of aromatic nitrogens is 4. The number of rotatable bonds is 3. The third kappa shape index (κ3) is 2.02. The predicted molar refractivity (Wildman–Crippen MR) is 57.0 cm³/mol. The molecule has 2 aromatic heterocycles. The predicted octanol–water partition coefficient (Wildman–Crippen LogP) is 0.378. The summed E-state index contributed by atoms with van der Waals surface area (Å²) in [5.41, 5.74) is 6.46. The van der Waals surface area contributed by atoms with Gasteiger partial charge in [0.1, 0.15) is 5.82 Å². The summed E-state index contributed by atoms with van der Waals surface area (Å²) in [7, 11) is 1.88. The van der Waals surface area contributed by atoms with Crippen molar-refractivity contribution in [3.8, 4) is 11.4 Å². The number of pyridine rings is 1. The van der Waals surface area contributed by atoms with Crippen LogP contribution < -0.4 is 5.73 Å². The zero-order valence-corrected chi connectivity index (χ0v) is 8.59. The lowest BCUT2D eigenvalue weighted by Crippen LogP contribution is -2.08. The van der Waals surface area contributed by atoms with Gasteiger partial charge in [-0.05, 0) is 18.7 Å². The van der Waals surface area contributed by atoms with Crippen LogP contribution in [0.3, 0.4) is 0 Å². The van der Waals surface area contributed by atoms with E-state index in [1.807, 2.05) is 19.2 Å². The largest absolute Gasteiger partial charge is 0.330 e. The molecule has 0 bridgehead atoms. The molecule has 0 spiro atoms.